The van der Waals surface area contributed by atoms with Crippen molar-refractivity contribution in [1.82, 2.24) is 0 Å². The standard InChI is InChI=1S/C25H19Cl2NO3/c1-16-6-9-18(10-7-16)25(29)19(14-28)12-17-8-11-23(24(13-17)30-2)31-15-20-21(26)4-3-5-22(20)27/h3-13H,15H2,1-2H3. The highest BCUT2D eigenvalue weighted by atomic mass is 35.5. The van der Waals surface area contributed by atoms with Gasteiger partial charge in [0, 0.05) is 21.2 Å². The Morgan fingerprint density at radius 2 is 1.71 bits per heavy atom. The molecule has 0 aliphatic rings. The Kier molecular flexibility index (Phi) is 7.36. The van der Waals surface area contributed by atoms with Gasteiger partial charge in [0.2, 0.25) is 5.78 Å². The van der Waals surface area contributed by atoms with Gasteiger partial charge in [0.1, 0.15) is 18.2 Å². The fraction of sp³-hybridized carbons (Fsp3) is 0.120. The molecule has 0 radical (unpaired) electrons. The van der Waals surface area contributed by atoms with Crippen LogP contribution >= 0.6 is 23.2 Å². The molecule has 3 rings (SSSR count). The zero-order valence-electron chi connectivity index (χ0n) is 17.0. The van der Waals surface area contributed by atoms with Crippen molar-refractivity contribution in [2.24, 2.45) is 0 Å². The molecule has 0 heterocycles. The van der Waals surface area contributed by atoms with E-state index in [4.69, 9.17) is 32.7 Å². The van der Waals surface area contributed by atoms with Crippen LogP contribution in [0.4, 0.5) is 0 Å². The molecule has 0 saturated carbocycles. The van der Waals surface area contributed by atoms with Gasteiger partial charge >= 0.3 is 0 Å². The number of methoxy groups -OCH3 is 1. The minimum absolute atomic E-state index is 0.0300. The second-order valence-corrected chi connectivity index (χ2v) is 7.58. The van der Waals surface area contributed by atoms with Crippen molar-refractivity contribution >= 4 is 35.1 Å². The Bertz CT molecular complexity index is 1160. The summed E-state index contributed by atoms with van der Waals surface area (Å²) in [6, 6.07) is 19.5. The minimum Gasteiger partial charge on any atom is -0.493 e. The fourth-order valence-electron chi connectivity index (χ4n) is 2.89. The summed E-state index contributed by atoms with van der Waals surface area (Å²) in [7, 11) is 1.51. The molecule has 0 N–H and O–H groups in total. The molecular weight excluding hydrogens is 433 g/mol. The highest BCUT2D eigenvalue weighted by Gasteiger charge is 2.14. The molecule has 0 bridgehead atoms. The Hall–Kier alpha value is -3.26. The molecule has 3 aromatic carbocycles. The number of hydrogen-bond donors (Lipinski definition) is 0. The molecule has 0 aliphatic carbocycles. The average molecular weight is 452 g/mol. The largest absolute Gasteiger partial charge is 0.493 e. The van der Waals surface area contributed by atoms with Gasteiger partial charge in [0.15, 0.2) is 11.5 Å². The average Bonchev–Trinajstić information content (AvgIpc) is 2.77. The second kappa shape index (κ2) is 10.2. The van der Waals surface area contributed by atoms with Gasteiger partial charge in [-0.3, -0.25) is 4.79 Å². The van der Waals surface area contributed by atoms with Crippen LogP contribution in [0.3, 0.4) is 0 Å². The molecule has 0 unspecified atom stereocenters. The Balaban J connectivity index is 1.83. The van der Waals surface area contributed by atoms with Crippen LogP contribution in [0.1, 0.15) is 27.0 Å². The first kappa shape index (κ1) is 22.4. The number of nitrogens with zero attached hydrogens (tertiary/aromatic N) is 1. The zero-order valence-corrected chi connectivity index (χ0v) is 18.5. The number of allylic oxidation sites excluding steroid dienone is 1. The van der Waals surface area contributed by atoms with Crippen LogP contribution in [0.25, 0.3) is 6.08 Å². The fourth-order valence-corrected chi connectivity index (χ4v) is 3.40. The van der Waals surface area contributed by atoms with Crippen molar-refractivity contribution in [1.29, 1.82) is 5.26 Å². The number of benzene rings is 3. The summed E-state index contributed by atoms with van der Waals surface area (Å²) >= 11 is 12.4. The summed E-state index contributed by atoms with van der Waals surface area (Å²) < 4.78 is 11.3. The molecule has 4 nitrogen and oxygen atoms in total. The summed E-state index contributed by atoms with van der Waals surface area (Å²) in [5, 5.41) is 10.5. The van der Waals surface area contributed by atoms with Crippen molar-refractivity contribution in [3.63, 3.8) is 0 Å². The molecule has 6 heteroatoms. The van der Waals surface area contributed by atoms with E-state index in [0.29, 0.717) is 38.2 Å². The number of aryl methyl sites for hydroxylation is 1. The normalized spacial score (nSPS) is 11.0. The van der Waals surface area contributed by atoms with Crippen LogP contribution < -0.4 is 9.47 Å². The van der Waals surface area contributed by atoms with Gasteiger partial charge in [-0.2, -0.15) is 5.26 Å². The SMILES string of the molecule is COc1cc(C=C(C#N)C(=O)c2ccc(C)cc2)ccc1OCc1c(Cl)cccc1Cl. The maximum absolute atomic E-state index is 12.7. The molecule has 0 amide bonds. The smallest absolute Gasteiger partial charge is 0.203 e. The number of nitriles is 1. The summed E-state index contributed by atoms with van der Waals surface area (Å²) in [6.07, 6.45) is 1.53. The number of Topliss-reactive ketones (excluding diaryl/α,β-unsaturated/α-hetero) is 1. The quantitative estimate of drug-likeness (QED) is 0.228. The molecule has 0 saturated heterocycles. The Labute approximate surface area is 191 Å². The molecule has 0 aliphatic heterocycles. The van der Waals surface area contributed by atoms with E-state index in [1.54, 1.807) is 48.5 Å². The van der Waals surface area contributed by atoms with Gasteiger partial charge < -0.3 is 9.47 Å². The molecule has 0 spiro atoms. The lowest BCUT2D eigenvalue weighted by molar-refractivity contribution is 0.104. The third-order valence-corrected chi connectivity index (χ3v) is 5.32. The van der Waals surface area contributed by atoms with Crippen LogP contribution in [0.15, 0.2) is 66.2 Å². The third-order valence-electron chi connectivity index (χ3n) is 4.61. The van der Waals surface area contributed by atoms with Crippen LogP contribution in [0.2, 0.25) is 10.0 Å². The van der Waals surface area contributed by atoms with Crippen molar-refractivity contribution in [2.75, 3.05) is 7.11 Å². The van der Waals surface area contributed by atoms with E-state index in [1.165, 1.54) is 13.2 Å². The van der Waals surface area contributed by atoms with Crippen LogP contribution in [0, 0.1) is 18.3 Å². The zero-order chi connectivity index (χ0) is 22.4. The van der Waals surface area contributed by atoms with Crippen LogP contribution in [0.5, 0.6) is 11.5 Å². The monoisotopic (exact) mass is 451 g/mol. The number of hydrogen-bond acceptors (Lipinski definition) is 4. The first-order valence-corrected chi connectivity index (χ1v) is 10.2. The van der Waals surface area contributed by atoms with E-state index in [1.807, 2.05) is 25.1 Å². The van der Waals surface area contributed by atoms with Gasteiger partial charge in [-0.05, 0) is 42.8 Å². The van der Waals surface area contributed by atoms with E-state index in [0.717, 1.165) is 5.56 Å². The van der Waals surface area contributed by atoms with Crippen LogP contribution in [-0.2, 0) is 6.61 Å². The van der Waals surface area contributed by atoms with E-state index in [9.17, 15) is 10.1 Å². The number of carbonyl (C=O) groups is 1. The topological polar surface area (TPSA) is 59.3 Å². The van der Waals surface area contributed by atoms with Crippen molar-refractivity contribution in [2.45, 2.75) is 13.5 Å². The third kappa shape index (κ3) is 5.46. The van der Waals surface area contributed by atoms with Gasteiger partial charge in [-0.1, -0.05) is 65.2 Å². The number of ether oxygens (including phenoxy) is 2. The van der Waals surface area contributed by atoms with Crippen molar-refractivity contribution in [3.05, 3.63) is 98.5 Å². The second-order valence-electron chi connectivity index (χ2n) is 6.76. The number of carbonyl (C=O) groups excluding carboxylic acids is 1. The van der Waals surface area contributed by atoms with Gasteiger partial charge in [0.25, 0.3) is 0 Å². The van der Waals surface area contributed by atoms with E-state index >= 15 is 0 Å². The minimum atomic E-state index is -0.338. The van der Waals surface area contributed by atoms with Crippen molar-refractivity contribution in [3.8, 4) is 17.6 Å². The van der Waals surface area contributed by atoms with Gasteiger partial charge in [-0.25, -0.2) is 0 Å². The predicted molar refractivity (Wildman–Crippen MR) is 123 cm³/mol. The van der Waals surface area contributed by atoms with Crippen LogP contribution in [-0.4, -0.2) is 12.9 Å². The molecule has 3 aromatic rings. The number of rotatable bonds is 7. The first-order chi connectivity index (χ1) is 14.9. The lowest BCUT2D eigenvalue weighted by Crippen LogP contribution is -2.02. The van der Waals surface area contributed by atoms with E-state index < -0.39 is 0 Å². The maximum atomic E-state index is 12.7. The van der Waals surface area contributed by atoms with E-state index in [-0.39, 0.29) is 18.0 Å². The lowest BCUT2D eigenvalue weighted by Gasteiger charge is -2.13. The molecule has 31 heavy (non-hydrogen) atoms. The lowest BCUT2D eigenvalue weighted by atomic mass is 10.0. The highest BCUT2D eigenvalue weighted by molar-refractivity contribution is 6.35. The molecular formula is C25H19Cl2NO3. The predicted octanol–water partition coefficient (Wildman–Crippen LogP) is 6.68. The van der Waals surface area contributed by atoms with Crippen molar-refractivity contribution < 1.29 is 14.3 Å². The number of ketones is 1. The summed E-state index contributed by atoms with van der Waals surface area (Å²) in [4.78, 5) is 12.7. The Morgan fingerprint density at radius 3 is 2.32 bits per heavy atom. The van der Waals surface area contributed by atoms with Gasteiger partial charge in [-0.15, -0.1) is 0 Å². The van der Waals surface area contributed by atoms with Gasteiger partial charge in [0.05, 0.1) is 7.11 Å². The number of halogens is 2. The summed E-state index contributed by atoms with van der Waals surface area (Å²) in [5.74, 6) is 0.603. The molecule has 0 fully saturated rings. The highest BCUT2D eigenvalue weighted by Crippen LogP contribution is 2.32. The first-order valence-electron chi connectivity index (χ1n) is 9.40. The van der Waals surface area contributed by atoms with E-state index in [2.05, 4.69) is 0 Å². The molecule has 0 aromatic heterocycles. The summed E-state index contributed by atoms with van der Waals surface area (Å²) in [6.45, 7) is 2.10. The molecule has 0 atom stereocenters. The summed E-state index contributed by atoms with van der Waals surface area (Å²) in [5.41, 5.74) is 2.84. The molecule has 156 valence electrons. The maximum Gasteiger partial charge on any atom is 0.203 e. The Morgan fingerprint density at radius 1 is 1.03 bits per heavy atom.